The topological polar surface area (TPSA) is 84.2 Å². The number of aryl methyl sites for hydroxylation is 1. The van der Waals surface area contributed by atoms with Gasteiger partial charge in [0.05, 0.1) is 4.90 Å². The van der Waals surface area contributed by atoms with Gasteiger partial charge in [0.25, 0.3) is 0 Å². The minimum Gasteiger partial charge on any atom is -0.330 e. The first kappa shape index (κ1) is 22.4. The predicted octanol–water partition coefficient (Wildman–Crippen LogP) is 3.37. The third-order valence-electron chi connectivity index (χ3n) is 5.29. The Labute approximate surface area is 179 Å². The quantitative estimate of drug-likeness (QED) is 0.411. The molecule has 0 saturated carbocycles. The fourth-order valence-corrected chi connectivity index (χ4v) is 5.14. The molecule has 0 unspecified atom stereocenters. The highest BCUT2D eigenvalue weighted by atomic mass is 32.2. The lowest BCUT2D eigenvalue weighted by Gasteiger charge is -2.20. The van der Waals surface area contributed by atoms with Crippen LogP contribution in [-0.4, -0.2) is 34.1 Å². The first-order chi connectivity index (χ1) is 14.5. The van der Waals surface area contributed by atoms with E-state index in [4.69, 9.17) is 5.73 Å². The standard InChI is InChI=1S/C24H31N3O2S/c1-19-13-14-24(23-12-6-5-11-22(19)23)30(28,29)27-21(10-7-16-25)18-26-17-15-20-8-3-2-4-9-20/h2-6,8-9,11-14,21,26-27H,7,10,15-18,25H2,1H3/t21-/m0/s1. The number of sulfonamides is 1. The molecule has 0 saturated heterocycles. The van der Waals surface area contributed by atoms with Gasteiger partial charge in [-0.1, -0.05) is 60.7 Å². The fraction of sp³-hybridized carbons (Fsp3) is 0.333. The second-order valence-corrected chi connectivity index (χ2v) is 9.30. The summed E-state index contributed by atoms with van der Waals surface area (Å²) in [4.78, 5) is 0.325. The molecule has 160 valence electrons. The molecule has 4 N–H and O–H groups in total. The van der Waals surface area contributed by atoms with Crippen LogP contribution in [0.5, 0.6) is 0 Å². The van der Waals surface area contributed by atoms with Crippen LogP contribution >= 0.6 is 0 Å². The molecule has 0 radical (unpaired) electrons. The van der Waals surface area contributed by atoms with E-state index in [0.717, 1.165) is 35.7 Å². The van der Waals surface area contributed by atoms with Crippen LogP contribution < -0.4 is 15.8 Å². The Balaban J connectivity index is 1.69. The minimum atomic E-state index is -3.65. The van der Waals surface area contributed by atoms with Crippen molar-refractivity contribution in [2.45, 2.75) is 37.1 Å². The zero-order valence-corrected chi connectivity index (χ0v) is 18.3. The lowest BCUT2D eigenvalue weighted by Crippen LogP contribution is -2.42. The van der Waals surface area contributed by atoms with Gasteiger partial charge in [0, 0.05) is 18.0 Å². The van der Waals surface area contributed by atoms with Gasteiger partial charge in [-0.05, 0) is 61.9 Å². The summed E-state index contributed by atoms with van der Waals surface area (Å²) >= 11 is 0. The van der Waals surface area contributed by atoms with Crippen molar-refractivity contribution >= 4 is 20.8 Å². The monoisotopic (exact) mass is 425 g/mol. The number of nitrogens with two attached hydrogens (primary N) is 1. The fourth-order valence-electron chi connectivity index (χ4n) is 3.66. The molecule has 0 aliphatic carbocycles. The predicted molar refractivity (Wildman–Crippen MR) is 124 cm³/mol. The van der Waals surface area contributed by atoms with Crippen LogP contribution in [0.2, 0.25) is 0 Å². The summed E-state index contributed by atoms with van der Waals surface area (Å²) in [5, 5.41) is 5.10. The molecule has 1 atom stereocenters. The van der Waals surface area contributed by atoms with Crippen molar-refractivity contribution in [1.82, 2.24) is 10.0 Å². The molecule has 0 aliphatic heterocycles. The molecule has 3 rings (SSSR count). The van der Waals surface area contributed by atoms with E-state index in [9.17, 15) is 8.42 Å². The maximum Gasteiger partial charge on any atom is 0.241 e. The molecular weight excluding hydrogens is 394 g/mol. The molecule has 5 nitrogen and oxygen atoms in total. The van der Waals surface area contributed by atoms with Crippen LogP contribution in [0, 0.1) is 6.92 Å². The molecule has 0 fully saturated rings. The summed E-state index contributed by atoms with van der Waals surface area (Å²) in [5.41, 5.74) is 8.00. The van der Waals surface area contributed by atoms with E-state index in [1.54, 1.807) is 6.07 Å². The Kier molecular flexibility index (Phi) is 7.99. The molecule has 6 heteroatoms. The second kappa shape index (κ2) is 10.7. The molecule has 0 aromatic heterocycles. The molecule has 0 bridgehead atoms. The summed E-state index contributed by atoms with van der Waals surface area (Å²) < 4.78 is 29.3. The molecular formula is C24H31N3O2S. The molecule has 0 amide bonds. The smallest absolute Gasteiger partial charge is 0.241 e. The Morgan fingerprint density at radius 3 is 2.37 bits per heavy atom. The van der Waals surface area contributed by atoms with Gasteiger partial charge in [-0.25, -0.2) is 13.1 Å². The van der Waals surface area contributed by atoms with E-state index in [-0.39, 0.29) is 6.04 Å². The zero-order chi connectivity index (χ0) is 21.4. The first-order valence-electron chi connectivity index (χ1n) is 10.5. The lowest BCUT2D eigenvalue weighted by atomic mass is 10.1. The van der Waals surface area contributed by atoms with Gasteiger partial charge in [-0.3, -0.25) is 0 Å². The van der Waals surface area contributed by atoms with Gasteiger partial charge in [0.2, 0.25) is 10.0 Å². The average molecular weight is 426 g/mol. The number of hydrogen-bond donors (Lipinski definition) is 3. The third-order valence-corrected chi connectivity index (χ3v) is 6.87. The van der Waals surface area contributed by atoms with Crippen LogP contribution in [0.1, 0.15) is 24.0 Å². The Morgan fingerprint density at radius 2 is 1.63 bits per heavy atom. The van der Waals surface area contributed by atoms with Crippen molar-refractivity contribution in [3.63, 3.8) is 0 Å². The maximum atomic E-state index is 13.2. The van der Waals surface area contributed by atoms with E-state index in [1.807, 2.05) is 55.5 Å². The number of benzene rings is 3. The number of fused-ring (bicyclic) bond motifs is 1. The molecule has 0 spiro atoms. The van der Waals surface area contributed by atoms with Gasteiger partial charge in [0.1, 0.15) is 0 Å². The van der Waals surface area contributed by atoms with Crippen LogP contribution in [-0.2, 0) is 16.4 Å². The van der Waals surface area contributed by atoms with Crippen molar-refractivity contribution in [2.24, 2.45) is 5.73 Å². The highest BCUT2D eigenvalue weighted by Crippen LogP contribution is 2.26. The SMILES string of the molecule is Cc1ccc(S(=O)(=O)N[C@@H](CCCN)CNCCc2ccccc2)c2ccccc12. The van der Waals surface area contributed by atoms with Gasteiger partial charge in [-0.2, -0.15) is 0 Å². The lowest BCUT2D eigenvalue weighted by molar-refractivity contribution is 0.486. The second-order valence-electron chi connectivity index (χ2n) is 7.62. The van der Waals surface area contributed by atoms with Crippen LogP contribution in [0.15, 0.2) is 71.6 Å². The van der Waals surface area contributed by atoms with E-state index in [2.05, 4.69) is 22.2 Å². The van der Waals surface area contributed by atoms with Crippen molar-refractivity contribution in [3.05, 3.63) is 77.9 Å². The van der Waals surface area contributed by atoms with Crippen molar-refractivity contribution in [2.75, 3.05) is 19.6 Å². The molecule has 0 aliphatic rings. The summed E-state index contributed by atoms with van der Waals surface area (Å²) in [5.74, 6) is 0. The normalized spacial score (nSPS) is 12.9. The van der Waals surface area contributed by atoms with Crippen molar-refractivity contribution in [1.29, 1.82) is 0 Å². The summed E-state index contributed by atoms with van der Waals surface area (Å²) in [6.07, 6.45) is 2.36. The largest absolute Gasteiger partial charge is 0.330 e. The summed E-state index contributed by atoms with van der Waals surface area (Å²) in [6, 6.07) is 21.2. The summed E-state index contributed by atoms with van der Waals surface area (Å²) in [6.45, 7) is 3.89. The Bertz CT molecular complexity index is 1050. The van der Waals surface area contributed by atoms with E-state index >= 15 is 0 Å². The number of nitrogens with one attached hydrogen (secondary N) is 2. The van der Waals surface area contributed by atoms with Crippen LogP contribution in [0.3, 0.4) is 0 Å². The van der Waals surface area contributed by atoms with Crippen LogP contribution in [0.25, 0.3) is 10.8 Å². The Hall–Kier alpha value is -2.25. The minimum absolute atomic E-state index is 0.214. The molecule has 30 heavy (non-hydrogen) atoms. The molecule has 3 aromatic rings. The third kappa shape index (κ3) is 5.89. The van der Waals surface area contributed by atoms with Crippen molar-refractivity contribution in [3.8, 4) is 0 Å². The molecule has 3 aromatic carbocycles. The van der Waals surface area contributed by atoms with E-state index in [0.29, 0.717) is 24.4 Å². The number of hydrogen-bond acceptors (Lipinski definition) is 4. The zero-order valence-electron chi connectivity index (χ0n) is 17.5. The highest BCUT2D eigenvalue weighted by Gasteiger charge is 2.22. The van der Waals surface area contributed by atoms with E-state index < -0.39 is 10.0 Å². The first-order valence-corrected chi connectivity index (χ1v) is 11.9. The Morgan fingerprint density at radius 1 is 0.933 bits per heavy atom. The van der Waals surface area contributed by atoms with E-state index in [1.165, 1.54) is 5.56 Å². The number of rotatable bonds is 11. The van der Waals surface area contributed by atoms with Gasteiger partial charge < -0.3 is 11.1 Å². The molecule has 0 heterocycles. The summed E-state index contributed by atoms with van der Waals surface area (Å²) in [7, 11) is -3.65. The maximum absolute atomic E-state index is 13.2. The van der Waals surface area contributed by atoms with Gasteiger partial charge in [0.15, 0.2) is 0 Å². The van der Waals surface area contributed by atoms with Gasteiger partial charge in [-0.15, -0.1) is 0 Å². The van der Waals surface area contributed by atoms with Gasteiger partial charge >= 0.3 is 0 Å². The highest BCUT2D eigenvalue weighted by molar-refractivity contribution is 7.89. The van der Waals surface area contributed by atoms with Crippen LogP contribution in [0.4, 0.5) is 0 Å². The van der Waals surface area contributed by atoms with Crippen molar-refractivity contribution < 1.29 is 8.42 Å². The average Bonchev–Trinajstić information content (AvgIpc) is 2.75.